The first-order valence-corrected chi connectivity index (χ1v) is 6.66. The number of carbonyl (C=O) groups excluding carboxylic acids is 1. The van der Waals surface area contributed by atoms with E-state index in [-0.39, 0.29) is 23.5 Å². The second-order valence-corrected chi connectivity index (χ2v) is 5.45. The molecule has 0 saturated heterocycles. The molecule has 0 aliphatic heterocycles. The molecule has 0 radical (unpaired) electrons. The van der Waals surface area contributed by atoms with Crippen molar-refractivity contribution in [2.75, 3.05) is 13.7 Å². The summed E-state index contributed by atoms with van der Waals surface area (Å²) in [5.41, 5.74) is -0.187. The zero-order valence-electron chi connectivity index (χ0n) is 10.6. The second-order valence-electron chi connectivity index (χ2n) is 5.45. The summed E-state index contributed by atoms with van der Waals surface area (Å²) in [5.74, 6) is 0.125. The van der Waals surface area contributed by atoms with Crippen LogP contribution >= 0.6 is 0 Å². The van der Waals surface area contributed by atoms with Crippen LogP contribution in [0.2, 0.25) is 0 Å². The number of amides is 1. The van der Waals surface area contributed by atoms with Crippen LogP contribution in [0.5, 0.6) is 0 Å². The van der Waals surface area contributed by atoms with Gasteiger partial charge >= 0.3 is 0 Å². The van der Waals surface area contributed by atoms with Crippen molar-refractivity contribution in [3.05, 3.63) is 0 Å². The van der Waals surface area contributed by atoms with Crippen molar-refractivity contribution in [2.24, 2.45) is 5.41 Å². The van der Waals surface area contributed by atoms with E-state index in [2.05, 4.69) is 5.32 Å². The second kappa shape index (κ2) is 5.36. The first-order chi connectivity index (χ1) is 8.18. The van der Waals surface area contributed by atoms with Gasteiger partial charge in [0.15, 0.2) is 0 Å². The third-order valence-electron chi connectivity index (χ3n) is 4.17. The average Bonchev–Trinajstić information content (AvgIpc) is 3.11. The molecule has 1 amide bonds. The van der Waals surface area contributed by atoms with Crippen LogP contribution in [-0.4, -0.2) is 36.9 Å². The van der Waals surface area contributed by atoms with Gasteiger partial charge in [-0.05, 0) is 32.1 Å². The summed E-state index contributed by atoms with van der Waals surface area (Å²) in [4.78, 5) is 12.2. The smallest absolute Gasteiger partial charge is 0.226 e. The number of rotatable bonds is 5. The Bertz CT molecular complexity index is 276. The highest BCUT2D eigenvalue weighted by Gasteiger charge is 2.49. The fourth-order valence-corrected chi connectivity index (χ4v) is 2.64. The molecule has 2 saturated carbocycles. The van der Waals surface area contributed by atoms with Crippen LogP contribution in [0.15, 0.2) is 0 Å². The molecule has 4 heteroatoms. The number of aliphatic hydroxyl groups is 1. The standard InChI is InChI=1S/C13H23NO3/c1-17-9-8-13(6-7-13)12(16)14-10-4-2-3-5-11(10)15/h10-11,15H,2-9H2,1H3,(H,14,16)/t10-,11+/m0/s1. The molecule has 0 aromatic carbocycles. The Balaban J connectivity index is 1.83. The van der Waals surface area contributed by atoms with E-state index >= 15 is 0 Å². The number of methoxy groups -OCH3 is 1. The molecule has 2 N–H and O–H groups in total. The van der Waals surface area contributed by atoms with E-state index in [1.54, 1.807) is 7.11 Å². The summed E-state index contributed by atoms with van der Waals surface area (Å²) in [5, 5.41) is 12.9. The van der Waals surface area contributed by atoms with Crippen molar-refractivity contribution < 1.29 is 14.6 Å². The van der Waals surface area contributed by atoms with Crippen LogP contribution in [0, 0.1) is 5.41 Å². The monoisotopic (exact) mass is 241 g/mol. The van der Waals surface area contributed by atoms with Crippen LogP contribution in [0.25, 0.3) is 0 Å². The number of ether oxygens (including phenoxy) is 1. The SMILES string of the molecule is COCCC1(C(=O)N[C@H]2CCCC[C@H]2O)CC1. The van der Waals surface area contributed by atoms with Crippen molar-refractivity contribution in [3.8, 4) is 0 Å². The summed E-state index contributed by atoms with van der Waals surface area (Å²) in [6.45, 7) is 0.640. The van der Waals surface area contributed by atoms with Gasteiger partial charge in [-0.2, -0.15) is 0 Å². The molecule has 0 spiro atoms. The molecular formula is C13H23NO3. The topological polar surface area (TPSA) is 58.6 Å². The highest BCUT2D eigenvalue weighted by molar-refractivity contribution is 5.85. The summed E-state index contributed by atoms with van der Waals surface area (Å²) in [6, 6.07) is -0.0312. The van der Waals surface area contributed by atoms with Crippen LogP contribution in [0.4, 0.5) is 0 Å². The van der Waals surface area contributed by atoms with Gasteiger partial charge in [-0.25, -0.2) is 0 Å². The molecule has 2 rings (SSSR count). The van der Waals surface area contributed by atoms with Crippen molar-refractivity contribution in [2.45, 2.75) is 57.1 Å². The van der Waals surface area contributed by atoms with Gasteiger partial charge in [0.2, 0.25) is 5.91 Å². The van der Waals surface area contributed by atoms with E-state index in [1.807, 2.05) is 0 Å². The minimum absolute atomic E-state index is 0.0312. The lowest BCUT2D eigenvalue weighted by atomic mass is 9.91. The molecular weight excluding hydrogens is 218 g/mol. The zero-order valence-corrected chi connectivity index (χ0v) is 10.6. The number of hydrogen-bond acceptors (Lipinski definition) is 3. The summed E-state index contributed by atoms with van der Waals surface area (Å²) < 4.78 is 5.05. The Hall–Kier alpha value is -0.610. The van der Waals surface area contributed by atoms with Gasteiger partial charge < -0.3 is 15.2 Å². The third kappa shape index (κ3) is 2.99. The van der Waals surface area contributed by atoms with Crippen LogP contribution in [0.1, 0.15) is 44.9 Å². The average molecular weight is 241 g/mol. The number of aliphatic hydroxyl groups excluding tert-OH is 1. The lowest BCUT2D eigenvalue weighted by molar-refractivity contribution is -0.129. The molecule has 2 atom stereocenters. The van der Waals surface area contributed by atoms with E-state index in [9.17, 15) is 9.90 Å². The molecule has 17 heavy (non-hydrogen) atoms. The maximum Gasteiger partial charge on any atom is 0.226 e. The maximum atomic E-state index is 12.2. The van der Waals surface area contributed by atoms with Crippen molar-refractivity contribution in [1.29, 1.82) is 0 Å². The van der Waals surface area contributed by atoms with Gasteiger partial charge in [0.1, 0.15) is 0 Å². The molecule has 0 bridgehead atoms. The molecule has 2 aliphatic carbocycles. The highest BCUT2D eigenvalue weighted by atomic mass is 16.5. The summed E-state index contributed by atoms with van der Waals surface area (Å²) >= 11 is 0. The Kier molecular flexibility index (Phi) is 4.05. The van der Waals surface area contributed by atoms with Crippen LogP contribution < -0.4 is 5.32 Å². The van der Waals surface area contributed by atoms with Gasteiger partial charge in [0, 0.05) is 13.7 Å². The minimum Gasteiger partial charge on any atom is -0.391 e. The molecule has 4 nitrogen and oxygen atoms in total. The number of hydrogen-bond donors (Lipinski definition) is 2. The Morgan fingerprint density at radius 3 is 2.71 bits per heavy atom. The molecule has 98 valence electrons. The lowest BCUT2D eigenvalue weighted by Gasteiger charge is -2.30. The van der Waals surface area contributed by atoms with Gasteiger partial charge in [-0.1, -0.05) is 12.8 Å². The predicted molar refractivity (Wildman–Crippen MR) is 64.6 cm³/mol. The van der Waals surface area contributed by atoms with Crippen LogP contribution in [-0.2, 0) is 9.53 Å². The Labute approximate surface area is 103 Å². The first-order valence-electron chi connectivity index (χ1n) is 6.66. The van der Waals surface area contributed by atoms with Gasteiger partial charge in [-0.3, -0.25) is 4.79 Å². The predicted octanol–water partition coefficient (Wildman–Crippen LogP) is 1.22. The largest absolute Gasteiger partial charge is 0.391 e. The molecule has 0 aromatic heterocycles. The number of nitrogens with one attached hydrogen (secondary N) is 1. The molecule has 0 heterocycles. The van der Waals surface area contributed by atoms with Crippen molar-refractivity contribution in [1.82, 2.24) is 5.32 Å². The zero-order chi connectivity index (χ0) is 12.3. The Morgan fingerprint density at radius 1 is 1.41 bits per heavy atom. The van der Waals surface area contributed by atoms with Crippen molar-refractivity contribution >= 4 is 5.91 Å². The van der Waals surface area contributed by atoms with E-state index in [0.717, 1.165) is 44.9 Å². The minimum atomic E-state index is -0.356. The molecule has 2 aliphatic rings. The number of carbonyl (C=O) groups is 1. The first kappa shape index (κ1) is 12.8. The normalized spacial score (nSPS) is 30.9. The van der Waals surface area contributed by atoms with Crippen molar-refractivity contribution in [3.63, 3.8) is 0 Å². The summed E-state index contributed by atoms with van der Waals surface area (Å²) in [6.07, 6.45) is 6.28. The molecule has 2 fully saturated rings. The maximum absolute atomic E-state index is 12.2. The molecule has 0 unspecified atom stereocenters. The van der Waals surface area contributed by atoms with Crippen LogP contribution in [0.3, 0.4) is 0 Å². The van der Waals surface area contributed by atoms with Gasteiger partial charge in [0.25, 0.3) is 0 Å². The highest BCUT2D eigenvalue weighted by Crippen LogP contribution is 2.49. The van der Waals surface area contributed by atoms with E-state index in [0.29, 0.717) is 6.61 Å². The quantitative estimate of drug-likeness (QED) is 0.761. The van der Waals surface area contributed by atoms with E-state index in [1.165, 1.54) is 0 Å². The van der Waals surface area contributed by atoms with Gasteiger partial charge in [-0.15, -0.1) is 0 Å². The van der Waals surface area contributed by atoms with E-state index < -0.39 is 0 Å². The third-order valence-corrected chi connectivity index (χ3v) is 4.17. The van der Waals surface area contributed by atoms with E-state index in [4.69, 9.17) is 4.74 Å². The van der Waals surface area contributed by atoms with Gasteiger partial charge in [0.05, 0.1) is 17.6 Å². The lowest BCUT2D eigenvalue weighted by Crippen LogP contribution is -2.47. The molecule has 0 aromatic rings. The summed E-state index contributed by atoms with van der Waals surface area (Å²) in [7, 11) is 1.67. The Morgan fingerprint density at radius 2 is 2.12 bits per heavy atom. The fraction of sp³-hybridized carbons (Fsp3) is 0.923. The fourth-order valence-electron chi connectivity index (χ4n) is 2.64.